The molecule has 0 bridgehead atoms. The summed E-state index contributed by atoms with van der Waals surface area (Å²) in [7, 11) is 0. The minimum Gasteiger partial charge on any atom is -0.315 e. The lowest BCUT2D eigenvalue weighted by molar-refractivity contribution is -0.141. The normalized spacial score (nSPS) is 14.5. The molecule has 0 unspecified atom stereocenters. The van der Waals surface area contributed by atoms with Crippen LogP contribution in [0.2, 0.25) is 0 Å². The average Bonchev–Trinajstić information content (AvgIpc) is 3.15. The van der Waals surface area contributed by atoms with E-state index < -0.39 is 35.7 Å². The molecule has 4 aromatic rings. The van der Waals surface area contributed by atoms with Gasteiger partial charge in [0, 0.05) is 25.1 Å². The van der Waals surface area contributed by atoms with Gasteiger partial charge in [0.05, 0.1) is 17.3 Å². The first kappa shape index (κ1) is 21.0. The number of hydrogen-bond donors (Lipinski definition) is 2. The standard InChI is InChI=1S/C20H15F4N7O2/c21-11-1-4-15(26-8-11)28-16(32)9-30-17-5-13(10-6-25-7-10)29-31(17)18-12(19(30)33)2-3-14(27-18)20(22,23)24/h1-5,8,10,25H,6-7,9H2,(H,26,28,32). The highest BCUT2D eigenvalue weighted by Gasteiger charge is 2.33. The number of aromatic nitrogens is 5. The van der Waals surface area contributed by atoms with Crippen LogP contribution in [0.15, 0.2) is 41.3 Å². The molecule has 1 amide bonds. The van der Waals surface area contributed by atoms with Crippen LogP contribution in [0.4, 0.5) is 23.4 Å². The van der Waals surface area contributed by atoms with Crippen LogP contribution in [0.25, 0.3) is 16.7 Å². The van der Waals surface area contributed by atoms with Crippen molar-refractivity contribution in [2.75, 3.05) is 18.4 Å². The first-order chi connectivity index (χ1) is 15.7. The van der Waals surface area contributed by atoms with Gasteiger partial charge in [0.25, 0.3) is 5.56 Å². The van der Waals surface area contributed by atoms with Gasteiger partial charge < -0.3 is 10.6 Å². The molecule has 0 saturated carbocycles. The number of pyridine rings is 2. The van der Waals surface area contributed by atoms with Gasteiger partial charge in [-0.05, 0) is 24.3 Å². The van der Waals surface area contributed by atoms with Gasteiger partial charge in [-0.3, -0.25) is 14.2 Å². The minimum absolute atomic E-state index is 0.0199. The molecular weight excluding hydrogens is 446 g/mol. The second-order valence-electron chi connectivity index (χ2n) is 7.56. The maximum atomic E-state index is 13.2. The largest absolute Gasteiger partial charge is 0.433 e. The molecule has 0 spiro atoms. The SMILES string of the molecule is O=C(Cn1c(=O)c2ccc(C(F)(F)F)nc2n2nc(C3CNC3)cc12)Nc1ccc(F)cn1. The fourth-order valence-corrected chi connectivity index (χ4v) is 3.55. The van der Waals surface area contributed by atoms with E-state index in [1.807, 2.05) is 0 Å². The number of rotatable bonds is 4. The lowest BCUT2D eigenvalue weighted by atomic mass is 10.00. The summed E-state index contributed by atoms with van der Waals surface area (Å²) >= 11 is 0. The molecule has 1 aliphatic rings. The van der Waals surface area contributed by atoms with E-state index in [9.17, 15) is 27.2 Å². The molecule has 13 heteroatoms. The van der Waals surface area contributed by atoms with E-state index in [1.54, 1.807) is 6.07 Å². The molecule has 170 valence electrons. The molecule has 5 rings (SSSR count). The second kappa shape index (κ2) is 7.62. The smallest absolute Gasteiger partial charge is 0.315 e. The molecule has 33 heavy (non-hydrogen) atoms. The molecule has 2 N–H and O–H groups in total. The zero-order valence-electron chi connectivity index (χ0n) is 16.7. The number of halogens is 4. The lowest BCUT2D eigenvalue weighted by Gasteiger charge is -2.24. The van der Waals surface area contributed by atoms with E-state index >= 15 is 0 Å². The molecule has 0 atom stereocenters. The first-order valence-corrected chi connectivity index (χ1v) is 9.83. The van der Waals surface area contributed by atoms with Crippen molar-refractivity contribution in [3.05, 3.63) is 64.1 Å². The van der Waals surface area contributed by atoms with E-state index in [0.29, 0.717) is 24.8 Å². The van der Waals surface area contributed by atoms with Gasteiger partial charge in [-0.2, -0.15) is 22.8 Å². The summed E-state index contributed by atoms with van der Waals surface area (Å²) < 4.78 is 55.0. The number of amides is 1. The number of carbonyl (C=O) groups is 1. The van der Waals surface area contributed by atoms with Gasteiger partial charge in [0.15, 0.2) is 5.65 Å². The summed E-state index contributed by atoms with van der Waals surface area (Å²) in [6.45, 7) is 0.792. The van der Waals surface area contributed by atoms with Gasteiger partial charge in [-0.15, -0.1) is 0 Å². The van der Waals surface area contributed by atoms with Crippen molar-refractivity contribution in [3.8, 4) is 0 Å². The molecule has 1 saturated heterocycles. The molecule has 1 fully saturated rings. The minimum atomic E-state index is -4.70. The summed E-state index contributed by atoms with van der Waals surface area (Å²) in [5.74, 6) is -1.11. The predicted octanol–water partition coefficient (Wildman–Crippen LogP) is 1.92. The van der Waals surface area contributed by atoms with E-state index in [1.165, 1.54) is 6.07 Å². The summed E-state index contributed by atoms with van der Waals surface area (Å²) in [5.41, 5.74) is -1.41. The summed E-state index contributed by atoms with van der Waals surface area (Å²) in [4.78, 5) is 33.1. The van der Waals surface area contributed by atoms with Crippen LogP contribution in [0.3, 0.4) is 0 Å². The van der Waals surface area contributed by atoms with Crippen LogP contribution in [0.5, 0.6) is 0 Å². The van der Waals surface area contributed by atoms with E-state index in [0.717, 1.165) is 27.4 Å². The Morgan fingerprint density at radius 3 is 2.64 bits per heavy atom. The van der Waals surface area contributed by atoms with Crippen LogP contribution in [0, 0.1) is 5.82 Å². The Morgan fingerprint density at radius 2 is 2.00 bits per heavy atom. The van der Waals surface area contributed by atoms with Crippen molar-refractivity contribution in [1.29, 1.82) is 0 Å². The molecule has 0 aromatic carbocycles. The topological polar surface area (TPSA) is 106 Å². The van der Waals surface area contributed by atoms with Crippen molar-refractivity contribution in [1.82, 2.24) is 29.5 Å². The zero-order valence-corrected chi connectivity index (χ0v) is 16.7. The van der Waals surface area contributed by atoms with Gasteiger partial charge in [-0.25, -0.2) is 14.4 Å². The molecule has 9 nitrogen and oxygen atoms in total. The van der Waals surface area contributed by atoms with E-state index in [-0.39, 0.29) is 28.4 Å². The highest BCUT2D eigenvalue weighted by molar-refractivity contribution is 5.90. The predicted molar refractivity (Wildman–Crippen MR) is 108 cm³/mol. The molecule has 5 heterocycles. The lowest BCUT2D eigenvalue weighted by Crippen LogP contribution is -2.40. The number of anilines is 1. The number of hydrogen-bond acceptors (Lipinski definition) is 6. The molecular formula is C20H15F4N7O2. The Kier molecular flexibility index (Phi) is 4.85. The van der Waals surface area contributed by atoms with Gasteiger partial charge >= 0.3 is 6.18 Å². The summed E-state index contributed by atoms with van der Waals surface area (Å²) in [6, 6.07) is 5.67. The Bertz CT molecular complexity index is 1440. The Hall–Kier alpha value is -3.87. The third kappa shape index (κ3) is 3.80. The van der Waals surface area contributed by atoms with Gasteiger partial charge in [0.2, 0.25) is 5.91 Å². The van der Waals surface area contributed by atoms with Crippen molar-refractivity contribution >= 4 is 28.4 Å². The number of nitrogens with one attached hydrogen (secondary N) is 2. The van der Waals surface area contributed by atoms with Crippen LogP contribution in [-0.2, 0) is 17.5 Å². The van der Waals surface area contributed by atoms with Crippen LogP contribution in [0.1, 0.15) is 17.3 Å². The summed E-state index contributed by atoms with van der Waals surface area (Å²) in [5, 5.41) is 9.81. The van der Waals surface area contributed by atoms with Crippen LogP contribution >= 0.6 is 0 Å². The van der Waals surface area contributed by atoms with Gasteiger partial charge in [0.1, 0.15) is 29.5 Å². The molecule has 0 aliphatic carbocycles. The van der Waals surface area contributed by atoms with Gasteiger partial charge in [-0.1, -0.05) is 0 Å². The second-order valence-corrected chi connectivity index (χ2v) is 7.56. The van der Waals surface area contributed by atoms with Crippen LogP contribution < -0.4 is 16.2 Å². The molecule has 1 aliphatic heterocycles. The van der Waals surface area contributed by atoms with Crippen molar-refractivity contribution in [3.63, 3.8) is 0 Å². The number of nitrogens with zero attached hydrogens (tertiary/aromatic N) is 5. The molecule has 4 aromatic heterocycles. The Labute approximate surface area is 182 Å². The quantitative estimate of drug-likeness (QED) is 0.450. The maximum absolute atomic E-state index is 13.2. The Morgan fingerprint density at radius 1 is 1.21 bits per heavy atom. The monoisotopic (exact) mass is 461 g/mol. The highest BCUT2D eigenvalue weighted by Crippen LogP contribution is 2.29. The first-order valence-electron chi connectivity index (χ1n) is 9.83. The fourth-order valence-electron chi connectivity index (χ4n) is 3.55. The number of carbonyl (C=O) groups excluding carboxylic acids is 1. The van der Waals surface area contributed by atoms with Crippen LogP contribution in [-0.4, -0.2) is 43.1 Å². The van der Waals surface area contributed by atoms with E-state index in [4.69, 9.17) is 0 Å². The number of alkyl halides is 3. The van der Waals surface area contributed by atoms with Crippen molar-refractivity contribution in [2.45, 2.75) is 18.6 Å². The van der Waals surface area contributed by atoms with Crippen molar-refractivity contribution in [2.24, 2.45) is 0 Å². The molecule has 0 radical (unpaired) electrons. The van der Waals surface area contributed by atoms with E-state index in [2.05, 4.69) is 25.7 Å². The third-order valence-electron chi connectivity index (χ3n) is 5.32. The van der Waals surface area contributed by atoms with Crippen molar-refractivity contribution < 1.29 is 22.4 Å². The third-order valence-corrected chi connectivity index (χ3v) is 5.32. The number of fused-ring (bicyclic) bond motifs is 3. The summed E-state index contributed by atoms with van der Waals surface area (Å²) in [6.07, 6.45) is -3.78. The highest BCUT2D eigenvalue weighted by atomic mass is 19.4. The maximum Gasteiger partial charge on any atom is 0.433 e. The average molecular weight is 461 g/mol. The zero-order chi connectivity index (χ0) is 23.3. The fraction of sp³-hybridized carbons (Fsp3) is 0.250. The Balaban J connectivity index is 1.62.